The number of anilines is 1. The normalized spacial score (nSPS) is 21.9. The fraction of sp³-hybridized carbons (Fsp3) is 0.562. The Kier molecular flexibility index (Phi) is 3.92. The fourth-order valence-corrected chi connectivity index (χ4v) is 2.74. The third-order valence-corrected chi connectivity index (χ3v) is 4.07. The van der Waals surface area contributed by atoms with E-state index in [0.717, 1.165) is 43.5 Å². The number of nitrogen functional groups attached to an aromatic ring is 1. The SMILES string of the molecule is Nc1ccc(CN(C(=O)CC2CCCO2)C2CC2)cc1. The predicted molar refractivity (Wildman–Crippen MR) is 78.0 cm³/mol. The molecular weight excluding hydrogens is 252 g/mol. The van der Waals surface area contributed by atoms with Gasteiger partial charge in [0.15, 0.2) is 0 Å². The molecule has 108 valence electrons. The highest BCUT2D eigenvalue weighted by atomic mass is 16.5. The number of ether oxygens (including phenoxy) is 1. The Morgan fingerprint density at radius 3 is 2.60 bits per heavy atom. The molecule has 0 spiro atoms. The highest BCUT2D eigenvalue weighted by Gasteiger charge is 2.33. The number of nitrogens with zero attached hydrogens (tertiary/aromatic N) is 1. The monoisotopic (exact) mass is 274 g/mol. The molecule has 2 fully saturated rings. The molecule has 1 unspecified atom stereocenters. The molecule has 20 heavy (non-hydrogen) atoms. The van der Waals surface area contributed by atoms with Crippen LogP contribution in [0.4, 0.5) is 5.69 Å². The lowest BCUT2D eigenvalue weighted by atomic mass is 10.1. The van der Waals surface area contributed by atoms with Gasteiger partial charge in [0.2, 0.25) is 5.91 Å². The number of nitrogens with two attached hydrogens (primary N) is 1. The summed E-state index contributed by atoms with van der Waals surface area (Å²) in [5.41, 5.74) is 7.61. The summed E-state index contributed by atoms with van der Waals surface area (Å²) < 4.78 is 5.58. The summed E-state index contributed by atoms with van der Waals surface area (Å²) >= 11 is 0. The van der Waals surface area contributed by atoms with Crippen molar-refractivity contribution in [1.29, 1.82) is 0 Å². The Morgan fingerprint density at radius 1 is 1.25 bits per heavy atom. The Balaban J connectivity index is 1.62. The maximum Gasteiger partial charge on any atom is 0.225 e. The predicted octanol–water partition coefficient (Wildman–Crippen LogP) is 2.33. The molecular formula is C16H22N2O2. The van der Waals surface area contributed by atoms with E-state index in [1.165, 1.54) is 0 Å². The van der Waals surface area contributed by atoms with Crippen molar-refractivity contribution in [3.05, 3.63) is 29.8 Å². The molecule has 1 aliphatic carbocycles. The smallest absolute Gasteiger partial charge is 0.225 e. The van der Waals surface area contributed by atoms with Gasteiger partial charge in [-0.15, -0.1) is 0 Å². The van der Waals surface area contributed by atoms with Crippen molar-refractivity contribution < 1.29 is 9.53 Å². The lowest BCUT2D eigenvalue weighted by Crippen LogP contribution is -2.34. The minimum atomic E-state index is 0.134. The zero-order valence-corrected chi connectivity index (χ0v) is 11.8. The Morgan fingerprint density at radius 2 is 2.00 bits per heavy atom. The quantitative estimate of drug-likeness (QED) is 0.838. The van der Waals surface area contributed by atoms with Crippen LogP contribution in [-0.2, 0) is 16.1 Å². The molecule has 0 aromatic heterocycles. The fourth-order valence-electron chi connectivity index (χ4n) is 2.74. The van der Waals surface area contributed by atoms with Crippen LogP contribution >= 0.6 is 0 Å². The summed E-state index contributed by atoms with van der Waals surface area (Å²) in [7, 11) is 0. The van der Waals surface area contributed by atoms with Crippen molar-refractivity contribution in [1.82, 2.24) is 4.90 Å². The first-order chi connectivity index (χ1) is 9.72. The molecule has 1 saturated heterocycles. The molecule has 2 N–H and O–H groups in total. The number of carbonyl (C=O) groups is 1. The van der Waals surface area contributed by atoms with Crippen LogP contribution in [0.2, 0.25) is 0 Å². The summed E-state index contributed by atoms with van der Waals surface area (Å²) in [6.45, 7) is 1.50. The second-order valence-corrected chi connectivity index (χ2v) is 5.83. The van der Waals surface area contributed by atoms with E-state index in [2.05, 4.69) is 0 Å². The zero-order chi connectivity index (χ0) is 13.9. The molecule has 1 aromatic carbocycles. The van der Waals surface area contributed by atoms with Crippen LogP contribution < -0.4 is 5.73 Å². The van der Waals surface area contributed by atoms with Gasteiger partial charge in [0.05, 0.1) is 12.5 Å². The van der Waals surface area contributed by atoms with Gasteiger partial charge in [0.25, 0.3) is 0 Å². The largest absolute Gasteiger partial charge is 0.399 e. The zero-order valence-electron chi connectivity index (χ0n) is 11.8. The van der Waals surface area contributed by atoms with Crippen LogP contribution in [0.15, 0.2) is 24.3 Å². The summed E-state index contributed by atoms with van der Waals surface area (Å²) in [5, 5.41) is 0. The molecule has 1 heterocycles. The molecule has 1 aliphatic heterocycles. The van der Waals surface area contributed by atoms with Crippen LogP contribution in [0, 0.1) is 0 Å². The van der Waals surface area contributed by atoms with Crippen molar-refractivity contribution in [2.75, 3.05) is 12.3 Å². The molecule has 1 atom stereocenters. The van der Waals surface area contributed by atoms with Gasteiger partial charge in [-0.05, 0) is 43.4 Å². The minimum absolute atomic E-state index is 0.134. The molecule has 1 aromatic rings. The lowest BCUT2D eigenvalue weighted by molar-refractivity contribution is -0.134. The topological polar surface area (TPSA) is 55.6 Å². The minimum Gasteiger partial charge on any atom is -0.399 e. The van der Waals surface area contributed by atoms with Crippen molar-refractivity contribution >= 4 is 11.6 Å². The van der Waals surface area contributed by atoms with Crippen molar-refractivity contribution in [3.63, 3.8) is 0 Å². The molecule has 1 saturated carbocycles. The number of carbonyl (C=O) groups excluding carboxylic acids is 1. The summed E-state index contributed by atoms with van der Waals surface area (Å²) in [5.74, 6) is 0.233. The van der Waals surface area contributed by atoms with Gasteiger partial charge in [0, 0.05) is 24.9 Å². The van der Waals surface area contributed by atoms with Gasteiger partial charge in [-0.25, -0.2) is 0 Å². The van der Waals surface area contributed by atoms with Gasteiger partial charge < -0.3 is 15.4 Å². The maximum atomic E-state index is 12.5. The first-order valence-electron chi connectivity index (χ1n) is 7.48. The maximum absolute atomic E-state index is 12.5. The van der Waals surface area contributed by atoms with E-state index in [9.17, 15) is 4.79 Å². The van der Waals surface area contributed by atoms with Gasteiger partial charge in [0.1, 0.15) is 0 Å². The molecule has 2 aliphatic rings. The lowest BCUT2D eigenvalue weighted by Gasteiger charge is -2.24. The van der Waals surface area contributed by atoms with Crippen LogP contribution in [0.5, 0.6) is 0 Å². The van der Waals surface area contributed by atoms with Gasteiger partial charge in [-0.3, -0.25) is 4.79 Å². The third-order valence-electron chi connectivity index (χ3n) is 4.07. The number of hydrogen-bond acceptors (Lipinski definition) is 3. The molecule has 0 radical (unpaired) electrons. The van der Waals surface area contributed by atoms with E-state index in [1.54, 1.807) is 0 Å². The van der Waals surface area contributed by atoms with Gasteiger partial charge in [-0.1, -0.05) is 12.1 Å². The average molecular weight is 274 g/mol. The van der Waals surface area contributed by atoms with E-state index in [-0.39, 0.29) is 12.0 Å². The number of benzene rings is 1. The number of amides is 1. The van der Waals surface area contributed by atoms with Crippen LogP contribution in [-0.4, -0.2) is 29.6 Å². The van der Waals surface area contributed by atoms with E-state index in [0.29, 0.717) is 19.0 Å². The molecule has 4 heteroatoms. The molecule has 4 nitrogen and oxygen atoms in total. The van der Waals surface area contributed by atoms with Crippen LogP contribution in [0.25, 0.3) is 0 Å². The van der Waals surface area contributed by atoms with E-state index in [1.807, 2.05) is 29.2 Å². The third kappa shape index (κ3) is 3.31. The highest BCUT2D eigenvalue weighted by Crippen LogP contribution is 2.30. The number of hydrogen-bond donors (Lipinski definition) is 1. The molecule has 0 bridgehead atoms. The van der Waals surface area contributed by atoms with Crippen LogP contribution in [0.1, 0.15) is 37.7 Å². The van der Waals surface area contributed by atoms with E-state index >= 15 is 0 Å². The van der Waals surface area contributed by atoms with Crippen molar-refractivity contribution in [2.45, 2.75) is 50.8 Å². The summed E-state index contributed by atoms with van der Waals surface area (Å²) in [6, 6.07) is 8.23. The number of rotatable bonds is 5. The summed E-state index contributed by atoms with van der Waals surface area (Å²) in [4.78, 5) is 14.5. The Bertz CT molecular complexity index is 462. The van der Waals surface area contributed by atoms with Gasteiger partial charge >= 0.3 is 0 Å². The van der Waals surface area contributed by atoms with Crippen molar-refractivity contribution in [3.8, 4) is 0 Å². The molecule has 1 amide bonds. The van der Waals surface area contributed by atoms with E-state index in [4.69, 9.17) is 10.5 Å². The second-order valence-electron chi connectivity index (χ2n) is 5.83. The summed E-state index contributed by atoms with van der Waals surface area (Å²) in [6.07, 6.45) is 5.03. The average Bonchev–Trinajstić information content (AvgIpc) is 3.15. The Labute approximate surface area is 119 Å². The second kappa shape index (κ2) is 5.83. The Hall–Kier alpha value is -1.55. The van der Waals surface area contributed by atoms with Gasteiger partial charge in [-0.2, -0.15) is 0 Å². The van der Waals surface area contributed by atoms with Crippen molar-refractivity contribution in [2.24, 2.45) is 0 Å². The van der Waals surface area contributed by atoms with Crippen LogP contribution in [0.3, 0.4) is 0 Å². The molecule has 3 rings (SSSR count). The van der Waals surface area contributed by atoms with E-state index < -0.39 is 0 Å². The first kappa shape index (κ1) is 13.4. The standard InChI is InChI=1S/C16H22N2O2/c17-13-5-3-12(4-6-13)11-18(14-7-8-14)16(19)10-15-2-1-9-20-15/h3-6,14-15H,1-2,7-11,17H2. The first-order valence-corrected chi connectivity index (χ1v) is 7.48. The highest BCUT2D eigenvalue weighted by molar-refractivity contribution is 5.77.